The van der Waals surface area contributed by atoms with Gasteiger partial charge in [-0.05, 0) is 62.2 Å². The molecule has 0 bridgehead atoms. The summed E-state index contributed by atoms with van der Waals surface area (Å²) in [5, 5.41) is 6.53. The van der Waals surface area contributed by atoms with Crippen LogP contribution < -0.4 is 15.4 Å². The summed E-state index contributed by atoms with van der Waals surface area (Å²) in [6.07, 6.45) is 0. The largest absolute Gasteiger partial charge is 0.495 e. The number of aryl methyl sites for hydroxylation is 3. The minimum absolute atomic E-state index is 0.248. The maximum atomic E-state index is 12.6. The van der Waals surface area contributed by atoms with Crippen molar-refractivity contribution in [1.82, 2.24) is 9.97 Å². The molecule has 3 aromatic rings. The highest BCUT2D eigenvalue weighted by molar-refractivity contribution is 6.31. The maximum Gasteiger partial charge on any atom is 0.274 e. The minimum atomic E-state index is -0.343. The maximum absolute atomic E-state index is 12.6. The summed E-state index contributed by atoms with van der Waals surface area (Å²) in [6.45, 7) is 5.69. The minimum Gasteiger partial charge on any atom is -0.495 e. The number of carbonyl (C=O) groups excluding carboxylic acids is 1. The van der Waals surface area contributed by atoms with E-state index in [-0.39, 0.29) is 11.6 Å². The molecule has 0 aliphatic rings. The van der Waals surface area contributed by atoms with Gasteiger partial charge in [0.1, 0.15) is 11.4 Å². The van der Waals surface area contributed by atoms with Crippen LogP contribution in [0.3, 0.4) is 0 Å². The van der Waals surface area contributed by atoms with E-state index in [0.29, 0.717) is 28.1 Å². The topological polar surface area (TPSA) is 76.1 Å². The molecule has 28 heavy (non-hydrogen) atoms. The van der Waals surface area contributed by atoms with Crippen LogP contribution >= 0.6 is 11.6 Å². The van der Waals surface area contributed by atoms with E-state index in [1.807, 2.05) is 38.1 Å². The molecule has 2 N–H and O–H groups in total. The standard InChI is InChI=1S/C21H21ClN4O2/c1-12-5-8-19(28-4)17(9-12)25-21-23-14(3)10-18(26-21)20(27)24-15-7-6-13(2)16(22)11-15/h5-11H,1-4H3,(H,24,27)(H,23,25,26). The number of hydrogen-bond acceptors (Lipinski definition) is 5. The fourth-order valence-corrected chi connectivity index (χ4v) is 2.83. The molecule has 0 spiro atoms. The van der Waals surface area contributed by atoms with Crippen molar-refractivity contribution in [3.8, 4) is 5.75 Å². The van der Waals surface area contributed by atoms with Crippen molar-refractivity contribution in [3.63, 3.8) is 0 Å². The lowest BCUT2D eigenvalue weighted by molar-refractivity contribution is 0.102. The number of hydrogen-bond donors (Lipinski definition) is 2. The van der Waals surface area contributed by atoms with Gasteiger partial charge in [-0.3, -0.25) is 4.79 Å². The number of anilines is 3. The predicted octanol–water partition coefficient (Wildman–Crippen LogP) is 5.06. The van der Waals surface area contributed by atoms with Gasteiger partial charge in [0.2, 0.25) is 5.95 Å². The van der Waals surface area contributed by atoms with E-state index < -0.39 is 0 Å². The monoisotopic (exact) mass is 396 g/mol. The van der Waals surface area contributed by atoms with E-state index in [1.165, 1.54) is 0 Å². The van der Waals surface area contributed by atoms with Crippen LogP contribution in [0, 0.1) is 20.8 Å². The highest BCUT2D eigenvalue weighted by Gasteiger charge is 2.13. The Labute approximate surface area is 168 Å². The third-order valence-electron chi connectivity index (χ3n) is 4.12. The molecule has 0 aliphatic carbocycles. The number of nitrogens with zero attached hydrogens (tertiary/aromatic N) is 2. The number of nitrogens with one attached hydrogen (secondary N) is 2. The zero-order valence-corrected chi connectivity index (χ0v) is 16.9. The zero-order valence-electron chi connectivity index (χ0n) is 16.1. The third-order valence-corrected chi connectivity index (χ3v) is 4.53. The van der Waals surface area contributed by atoms with E-state index >= 15 is 0 Å². The van der Waals surface area contributed by atoms with Crippen molar-refractivity contribution < 1.29 is 9.53 Å². The molecule has 3 rings (SSSR count). The molecule has 0 radical (unpaired) electrons. The number of rotatable bonds is 5. The number of ether oxygens (including phenoxy) is 1. The quantitative estimate of drug-likeness (QED) is 0.630. The van der Waals surface area contributed by atoms with Crippen LogP contribution in [0.25, 0.3) is 0 Å². The molecule has 1 aromatic heterocycles. The summed E-state index contributed by atoms with van der Waals surface area (Å²) in [5.41, 5.74) is 4.24. The van der Waals surface area contributed by atoms with Crippen molar-refractivity contribution in [1.29, 1.82) is 0 Å². The summed E-state index contributed by atoms with van der Waals surface area (Å²) in [6, 6.07) is 12.7. The summed E-state index contributed by atoms with van der Waals surface area (Å²) < 4.78 is 5.37. The van der Waals surface area contributed by atoms with Gasteiger partial charge < -0.3 is 15.4 Å². The first-order chi connectivity index (χ1) is 13.4. The number of amides is 1. The summed E-state index contributed by atoms with van der Waals surface area (Å²) >= 11 is 6.13. The number of methoxy groups -OCH3 is 1. The zero-order chi connectivity index (χ0) is 20.3. The van der Waals surface area contributed by atoms with Gasteiger partial charge in [-0.2, -0.15) is 0 Å². The Kier molecular flexibility index (Phi) is 5.80. The molecule has 7 heteroatoms. The normalized spacial score (nSPS) is 10.5. The first-order valence-corrected chi connectivity index (χ1v) is 9.08. The second-order valence-electron chi connectivity index (χ2n) is 6.46. The van der Waals surface area contributed by atoms with Crippen LogP contribution in [0.15, 0.2) is 42.5 Å². The van der Waals surface area contributed by atoms with Gasteiger partial charge in [-0.15, -0.1) is 0 Å². The molecule has 0 saturated carbocycles. The fraction of sp³-hybridized carbons (Fsp3) is 0.190. The lowest BCUT2D eigenvalue weighted by Gasteiger charge is -2.12. The third kappa shape index (κ3) is 4.58. The van der Waals surface area contributed by atoms with E-state index in [1.54, 1.807) is 32.2 Å². The summed E-state index contributed by atoms with van der Waals surface area (Å²) in [7, 11) is 1.60. The van der Waals surface area contributed by atoms with E-state index in [2.05, 4.69) is 20.6 Å². The van der Waals surface area contributed by atoms with Gasteiger partial charge >= 0.3 is 0 Å². The number of halogens is 1. The number of aromatic nitrogens is 2. The Morgan fingerprint density at radius 1 is 1.04 bits per heavy atom. The second kappa shape index (κ2) is 8.27. The van der Waals surface area contributed by atoms with Gasteiger partial charge in [0.15, 0.2) is 0 Å². The van der Waals surface area contributed by atoms with Gasteiger partial charge in [0.05, 0.1) is 12.8 Å². The molecule has 144 valence electrons. The number of carbonyl (C=O) groups is 1. The molecule has 2 aromatic carbocycles. The van der Waals surface area contributed by atoms with Gasteiger partial charge in [0.25, 0.3) is 5.91 Å². The Hall–Kier alpha value is -3.12. The lowest BCUT2D eigenvalue weighted by atomic mass is 10.2. The molecule has 1 heterocycles. The van der Waals surface area contributed by atoms with Crippen molar-refractivity contribution >= 4 is 34.8 Å². The van der Waals surface area contributed by atoms with Gasteiger partial charge in [0, 0.05) is 16.4 Å². The predicted molar refractivity (Wildman–Crippen MR) is 112 cm³/mol. The Morgan fingerprint density at radius 3 is 2.54 bits per heavy atom. The van der Waals surface area contributed by atoms with Crippen LogP contribution in [0.5, 0.6) is 5.75 Å². The number of benzene rings is 2. The molecule has 0 atom stereocenters. The van der Waals surface area contributed by atoms with Crippen molar-refractivity contribution in [2.75, 3.05) is 17.7 Å². The van der Waals surface area contributed by atoms with E-state index in [0.717, 1.165) is 16.8 Å². The van der Waals surface area contributed by atoms with Crippen LogP contribution in [0.2, 0.25) is 5.02 Å². The molecular weight excluding hydrogens is 376 g/mol. The average molecular weight is 397 g/mol. The highest BCUT2D eigenvalue weighted by atomic mass is 35.5. The van der Waals surface area contributed by atoms with Crippen molar-refractivity contribution in [2.24, 2.45) is 0 Å². The average Bonchev–Trinajstić information content (AvgIpc) is 2.64. The lowest BCUT2D eigenvalue weighted by Crippen LogP contribution is -2.15. The second-order valence-corrected chi connectivity index (χ2v) is 6.87. The molecule has 0 fully saturated rings. The summed E-state index contributed by atoms with van der Waals surface area (Å²) in [5.74, 6) is 0.636. The molecule has 0 aliphatic heterocycles. The molecule has 0 unspecified atom stereocenters. The van der Waals surface area contributed by atoms with Gasteiger partial charge in [-0.25, -0.2) is 9.97 Å². The smallest absolute Gasteiger partial charge is 0.274 e. The molecular formula is C21H21ClN4O2. The van der Waals surface area contributed by atoms with E-state index in [9.17, 15) is 4.79 Å². The Morgan fingerprint density at radius 2 is 1.82 bits per heavy atom. The first-order valence-electron chi connectivity index (χ1n) is 8.70. The first kappa shape index (κ1) is 19.6. The Balaban J connectivity index is 1.86. The van der Waals surface area contributed by atoms with Crippen LogP contribution in [0.1, 0.15) is 27.3 Å². The highest BCUT2D eigenvalue weighted by Crippen LogP contribution is 2.27. The van der Waals surface area contributed by atoms with Crippen molar-refractivity contribution in [2.45, 2.75) is 20.8 Å². The SMILES string of the molecule is COc1ccc(C)cc1Nc1nc(C)cc(C(=O)Nc2ccc(C)c(Cl)c2)n1. The molecule has 0 saturated heterocycles. The fourth-order valence-electron chi connectivity index (χ4n) is 2.65. The molecule has 1 amide bonds. The van der Waals surface area contributed by atoms with E-state index in [4.69, 9.17) is 16.3 Å². The van der Waals surface area contributed by atoms with Crippen LogP contribution in [0.4, 0.5) is 17.3 Å². The van der Waals surface area contributed by atoms with Crippen LogP contribution in [-0.2, 0) is 0 Å². The van der Waals surface area contributed by atoms with Crippen molar-refractivity contribution in [3.05, 3.63) is 70.0 Å². The summed E-state index contributed by atoms with van der Waals surface area (Å²) in [4.78, 5) is 21.4. The molecule has 6 nitrogen and oxygen atoms in total. The Bertz CT molecular complexity index is 1040. The van der Waals surface area contributed by atoms with Gasteiger partial charge in [-0.1, -0.05) is 23.7 Å². The van der Waals surface area contributed by atoms with Crippen LogP contribution in [-0.4, -0.2) is 23.0 Å².